The maximum absolute atomic E-state index is 13.2. The third-order valence-electron chi connectivity index (χ3n) is 6.42. The van der Waals surface area contributed by atoms with E-state index in [1.165, 1.54) is 25.0 Å². The first kappa shape index (κ1) is 18.4. The van der Waals surface area contributed by atoms with Crippen LogP contribution in [0.3, 0.4) is 0 Å². The second-order valence-electron chi connectivity index (χ2n) is 7.98. The Kier molecular flexibility index (Phi) is 4.28. The van der Waals surface area contributed by atoms with Gasteiger partial charge < -0.3 is 4.90 Å². The molecule has 0 bridgehead atoms. The van der Waals surface area contributed by atoms with Crippen LogP contribution in [0.1, 0.15) is 37.3 Å². The van der Waals surface area contributed by atoms with Crippen LogP contribution in [0.25, 0.3) is 0 Å². The van der Waals surface area contributed by atoms with E-state index in [0.717, 1.165) is 24.1 Å². The second kappa shape index (κ2) is 6.99. The van der Waals surface area contributed by atoms with E-state index in [0.29, 0.717) is 11.7 Å². The molecule has 5 rings (SSSR count). The molecule has 7 heteroatoms. The van der Waals surface area contributed by atoms with Gasteiger partial charge in [0.05, 0.1) is 17.0 Å². The Bertz CT molecular complexity index is 1100. The molecule has 1 amide bonds. The van der Waals surface area contributed by atoms with Crippen LogP contribution in [-0.4, -0.2) is 22.9 Å². The van der Waals surface area contributed by atoms with E-state index in [1.807, 2.05) is 24.3 Å². The zero-order chi connectivity index (χ0) is 20.8. The Hall–Kier alpha value is -3.66. The van der Waals surface area contributed by atoms with Gasteiger partial charge in [0.15, 0.2) is 0 Å². The van der Waals surface area contributed by atoms with Gasteiger partial charge in [-0.1, -0.05) is 31.0 Å². The molecule has 2 atom stereocenters. The maximum Gasteiger partial charge on any atom is 0.269 e. The van der Waals surface area contributed by atoms with Gasteiger partial charge in [0, 0.05) is 35.1 Å². The first-order valence-electron chi connectivity index (χ1n) is 10.2. The smallest absolute Gasteiger partial charge is 0.269 e. The molecule has 2 heterocycles. The van der Waals surface area contributed by atoms with E-state index < -0.39 is 4.92 Å². The summed E-state index contributed by atoms with van der Waals surface area (Å²) in [6, 6.07) is 16.1. The van der Waals surface area contributed by atoms with Gasteiger partial charge in [-0.25, -0.2) is 0 Å². The fourth-order valence-corrected chi connectivity index (χ4v) is 5.15. The molecule has 3 aliphatic rings. The number of benzene rings is 2. The van der Waals surface area contributed by atoms with Crippen molar-refractivity contribution in [1.29, 1.82) is 5.26 Å². The number of para-hydroxylation sites is 1. The number of nitro benzene ring substituents is 1. The minimum absolute atomic E-state index is 0.0322. The lowest BCUT2D eigenvalue weighted by Crippen LogP contribution is -2.50. The number of rotatable bonds is 3. The van der Waals surface area contributed by atoms with E-state index in [4.69, 9.17) is 0 Å². The predicted molar refractivity (Wildman–Crippen MR) is 112 cm³/mol. The van der Waals surface area contributed by atoms with Gasteiger partial charge in [0.25, 0.3) is 11.6 Å². The van der Waals surface area contributed by atoms with Crippen LogP contribution >= 0.6 is 0 Å². The molecule has 2 aromatic carbocycles. The summed E-state index contributed by atoms with van der Waals surface area (Å²) in [7, 11) is 0. The highest BCUT2D eigenvalue weighted by Gasteiger charge is 2.49. The van der Waals surface area contributed by atoms with E-state index in [1.54, 1.807) is 17.0 Å². The largest absolute Gasteiger partial charge is 0.359 e. The van der Waals surface area contributed by atoms with Crippen molar-refractivity contribution in [1.82, 2.24) is 0 Å². The molecule has 1 fully saturated rings. The molecular formula is C23H20N4O3. The monoisotopic (exact) mass is 400 g/mol. The average molecular weight is 400 g/mol. The number of carbonyl (C=O) groups excluding carboxylic acids is 1. The molecule has 0 aromatic heterocycles. The number of nitrogens with zero attached hydrogens (tertiary/aromatic N) is 4. The number of nitriles is 1. The summed E-state index contributed by atoms with van der Waals surface area (Å²) in [6.45, 7) is 0. The molecule has 1 aliphatic carbocycles. The number of nitro groups is 1. The van der Waals surface area contributed by atoms with Crippen LogP contribution < -0.4 is 9.80 Å². The van der Waals surface area contributed by atoms with Crippen molar-refractivity contribution in [2.24, 2.45) is 0 Å². The number of hydrogen-bond donors (Lipinski definition) is 0. The highest BCUT2D eigenvalue weighted by Crippen LogP contribution is 2.50. The summed E-state index contributed by atoms with van der Waals surface area (Å²) in [4.78, 5) is 27.9. The summed E-state index contributed by atoms with van der Waals surface area (Å²) in [5, 5.41) is 20.7. The molecule has 0 spiro atoms. The molecule has 0 N–H and O–H groups in total. The molecular weight excluding hydrogens is 380 g/mol. The fourth-order valence-electron chi connectivity index (χ4n) is 5.15. The molecule has 150 valence electrons. The second-order valence-corrected chi connectivity index (χ2v) is 7.98. The van der Waals surface area contributed by atoms with Crippen LogP contribution in [-0.2, 0) is 4.79 Å². The zero-order valence-electron chi connectivity index (χ0n) is 16.3. The highest BCUT2D eigenvalue weighted by atomic mass is 16.6. The number of anilines is 2. The number of amides is 1. The van der Waals surface area contributed by atoms with E-state index in [9.17, 15) is 20.2 Å². The molecule has 2 aliphatic heterocycles. The van der Waals surface area contributed by atoms with Crippen LogP contribution in [0, 0.1) is 21.4 Å². The Morgan fingerprint density at radius 2 is 1.77 bits per heavy atom. The molecule has 2 aromatic rings. The van der Waals surface area contributed by atoms with Crippen molar-refractivity contribution in [3.8, 4) is 6.07 Å². The van der Waals surface area contributed by atoms with Gasteiger partial charge in [-0.2, -0.15) is 5.26 Å². The Morgan fingerprint density at radius 1 is 1.07 bits per heavy atom. The number of hydrogen-bond acceptors (Lipinski definition) is 5. The Morgan fingerprint density at radius 3 is 2.43 bits per heavy atom. The van der Waals surface area contributed by atoms with Crippen LogP contribution in [0.2, 0.25) is 0 Å². The Labute approximate surface area is 174 Å². The molecule has 30 heavy (non-hydrogen) atoms. The first-order valence-corrected chi connectivity index (χ1v) is 10.2. The SMILES string of the molecule is N#CC1=CC2C(c3ccccc3N2C2CCCC2)N(c2ccc([N+](=O)[O-])cc2)C1=O. The summed E-state index contributed by atoms with van der Waals surface area (Å²) in [5.41, 5.74) is 2.80. The minimum atomic E-state index is -0.460. The van der Waals surface area contributed by atoms with Gasteiger partial charge in [-0.3, -0.25) is 19.8 Å². The van der Waals surface area contributed by atoms with Gasteiger partial charge in [-0.15, -0.1) is 0 Å². The summed E-state index contributed by atoms with van der Waals surface area (Å²) < 4.78 is 0. The number of carbonyl (C=O) groups is 1. The standard InChI is InChI=1S/C23H20N4O3/c24-14-15-13-21-22(26(23(15)28)17-9-11-18(12-10-17)27(29)30)19-7-3-4-8-20(19)25(21)16-5-1-2-6-16/h3-4,7-13,16,21-22H,1-2,5-6H2. The lowest BCUT2D eigenvalue weighted by Gasteiger charge is -2.40. The third kappa shape index (κ3) is 2.68. The van der Waals surface area contributed by atoms with Gasteiger partial charge >= 0.3 is 0 Å². The summed E-state index contributed by atoms with van der Waals surface area (Å²) in [5.74, 6) is -0.365. The van der Waals surface area contributed by atoms with Crippen molar-refractivity contribution in [2.45, 2.75) is 43.8 Å². The van der Waals surface area contributed by atoms with E-state index >= 15 is 0 Å². The normalized spacial score (nSPS) is 23.0. The zero-order valence-corrected chi connectivity index (χ0v) is 16.3. The van der Waals surface area contributed by atoms with E-state index in [-0.39, 0.29) is 29.3 Å². The van der Waals surface area contributed by atoms with E-state index in [2.05, 4.69) is 17.0 Å². The van der Waals surface area contributed by atoms with Gasteiger partial charge in [-0.05, 0) is 37.1 Å². The molecule has 0 saturated heterocycles. The van der Waals surface area contributed by atoms with Crippen molar-refractivity contribution >= 4 is 23.0 Å². The molecule has 1 saturated carbocycles. The average Bonchev–Trinajstić information content (AvgIpc) is 3.39. The maximum atomic E-state index is 13.2. The quantitative estimate of drug-likeness (QED) is 0.567. The van der Waals surface area contributed by atoms with Crippen molar-refractivity contribution < 1.29 is 9.72 Å². The van der Waals surface area contributed by atoms with Crippen LogP contribution in [0.4, 0.5) is 17.1 Å². The number of fused-ring (bicyclic) bond motifs is 3. The first-order chi connectivity index (χ1) is 14.6. The fraction of sp³-hybridized carbons (Fsp3) is 0.304. The molecule has 2 unspecified atom stereocenters. The predicted octanol–water partition coefficient (Wildman–Crippen LogP) is 4.26. The lowest BCUT2D eigenvalue weighted by atomic mass is 9.93. The van der Waals surface area contributed by atoms with Crippen molar-refractivity contribution in [3.63, 3.8) is 0 Å². The van der Waals surface area contributed by atoms with Crippen LogP contribution in [0.15, 0.2) is 60.2 Å². The Balaban J connectivity index is 1.66. The molecule has 0 radical (unpaired) electrons. The van der Waals surface area contributed by atoms with Crippen molar-refractivity contribution in [3.05, 3.63) is 75.9 Å². The topological polar surface area (TPSA) is 90.5 Å². The van der Waals surface area contributed by atoms with Gasteiger partial charge in [0.1, 0.15) is 11.6 Å². The number of non-ortho nitro benzene ring substituents is 1. The molecule has 7 nitrogen and oxygen atoms in total. The van der Waals surface area contributed by atoms with Crippen molar-refractivity contribution in [2.75, 3.05) is 9.80 Å². The highest BCUT2D eigenvalue weighted by molar-refractivity contribution is 6.10. The lowest BCUT2D eigenvalue weighted by molar-refractivity contribution is -0.384. The summed E-state index contributed by atoms with van der Waals surface area (Å²) in [6.07, 6.45) is 6.37. The minimum Gasteiger partial charge on any atom is -0.359 e. The van der Waals surface area contributed by atoms with Crippen LogP contribution in [0.5, 0.6) is 0 Å². The van der Waals surface area contributed by atoms with Gasteiger partial charge in [0.2, 0.25) is 0 Å². The third-order valence-corrected chi connectivity index (χ3v) is 6.42. The summed E-state index contributed by atoms with van der Waals surface area (Å²) >= 11 is 0.